The van der Waals surface area contributed by atoms with Crippen LogP contribution in [0.25, 0.3) is 0 Å². The molecule has 0 saturated carbocycles. The van der Waals surface area contributed by atoms with Crippen LogP contribution in [0.4, 0.5) is 21.9 Å². The van der Waals surface area contributed by atoms with Crippen LogP contribution in [0.1, 0.15) is 121 Å². The lowest BCUT2D eigenvalue weighted by Gasteiger charge is -2.24. The molecule has 1 atom stereocenters. The van der Waals surface area contributed by atoms with Crippen molar-refractivity contribution in [2.75, 3.05) is 16.0 Å². The van der Waals surface area contributed by atoms with Crippen molar-refractivity contribution in [2.24, 2.45) is 0 Å². The molecule has 10 heteroatoms. The van der Waals surface area contributed by atoms with Crippen molar-refractivity contribution >= 4 is 40.6 Å². The van der Waals surface area contributed by atoms with Gasteiger partial charge in [-0.25, -0.2) is 4.79 Å². The predicted molar refractivity (Wildman–Crippen MR) is 201 cm³/mol. The standard InChI is InChI=1S/C40H50ClN5O4/c1-5-7-8-9-10-11-12-13-14-15-16-37(50-32-21-18-30(19-22-32)40(3,4)6-2)38(48)45-34-25-36(47)35(24-33(34)41)46-39(49)44-31-20-17-28(26-42)29(23-31)27-43/h17-25,37,47H,5-16H2,1-4H3,(H,45,48)(H2,44,46,49). The van der Waals surface area contributed by atoms with Crippen LogP contribution in [0.15, 0.2) is 54.6 Å². The van der Waals surface area contributed by atoms with E-state index in [4.69, 9.17) is 21.6 Å². The quantitative estimate of drug-likeness (QED) is 0.0723. The van der Waals surface area contributed by atoms with E-state index in [2.05, 4.69) is 43.6 Å². The van der Waals surface area contributed by atoms with Gasteiger partial charge in [-0.05, 0) is 66.6 Å². The number of halogens is 1. The summed E-state index contributed by atoms with van der Waals surface area (Å²) >= 11 is 6.51. The molecule has 1 unspecified atom stereocenters. The number of amides is 3. The van der Waals surface area contributed by atoms with Gasteiger partial charge in [0.25, 0.3) is 5.91 Å². The molecule has 0 aliphatic heterocycles. The third kappa shape index (κ3) is 12.3. The van der Waals surface area contributed by atoms with Crippen LogP contribution in [0.3, 0.4) is 0 Å². The summed E-state index contributed by atoms with van der Waals surface area (Å²) in [5, 5.41) is 37.1. The predicted octanol–water partition coefficient (Wildman–Crippen LogP) is 10.8. The first kappa shape index (κ1) is 39.7. The molecule has 50 heavy (non-hydrogen) atoms. The summed E-state index contributed by atoms with van der Waals surface area (Å²) in [5.41, 5.74) is 1.97. The number of hydrogen-bond donors (Lipinski definition) is 4. The highest BCUT2D eigenvalue weighted by molar-refractivity contribution is 6.34. The zero-order valence-corrected chi connectivity index (χ0v) is 30.5. The Morgan fingerprint density at radius 3 is 2.02 bits per heavy atom. The van der Waals surface area contributed by atoms with Gasteiger partial charge in [-0.1, -0.05) is 109 Å². The summed E-state index contributed by atoms with van der Waals surface area (Å²) in [4.78, 5) is 26.3. The fourth-order valence-corrected chi connectivity index (χ4v) is 5.69. The molecule has 0 radical (unpaired) electrons. The zero-order chi connectivity index (χ0) is 36.5. The summed E-state index contributed by atoms with van der Waals surface area (Å²) in [7, 11) is 0. The average molecular weight is 700 g/mol. The Morgan fingerprint density at radius 2 is 1.42 bits per heavy atom. The molecule has 4 N–H and O–H groups in total. The number of unbranched alkanes of at least 4 members (excludes halogenated alkanes) is 9. The second-order valence-electron chi connectivity index (χ2n) is 13.2. The molecular weight excluding hydrogens is 650 g/mol. The SMILES string of the molecule is CCCCCCCCCCCCC(Oc1ccc(C(C)(C)CC)cc1)C(=O)Nc1cc(O)c(NC(=O)Nc2ccc(C#N)c(C#N)c2)cc1Cl. The van der Waals surface area contributed by atoms with Crippen molar-refractivity contribution in [1.29, 1.82) is 10.5 Å². The lowest BCUT2D eigenvalue weighted by molar-refractivity contribution is -0.123. The Morgan fingerprint density at radius 1 is 0.800 bits per heavy atom. The van der Waals surface area contributed by atoms with E-state index in [-0.39, 0.29) is 44.4 Å². The molecule has 0 heterocycles. The molecule has 0 aromatic heterocycles. The van der Waals surface area contributed by atoms with Gasteiger partial charge in [0.05, 0.1) is 27.5 Å². The second-order valence-corrected chi connectivity index (χ2v) is 13.6. The minimum absolute atomic E-state index is 0.00732. The summed E-state index contributed by atoms with van der Waals surface area (Å²) in [6.07, 6.45) is 12.5. The monoisotopic (exact) mass is 699 g/mol. The first-order chi connectivity index (χ1) is 24.0. The van der Waals surface area contributed by atoms with Crippen molar-refractivity contribution in [2.45, 2.75) is 116 Å². The molecule has 0 fully saturated rings. The number of nitriles is 2. The molecule has 0 aliphatic carbocycles. The van der Waals surface area contributed by atoms with Gasteiger partial charge in [0.2, 0.25) is 0 Å². The zero-order valence-electron chi connectivity index (χ0n) is 29.7. The third-order valence-corrected chi connectivity index (χ3v) is 9.33. The third-order valence-electron chi connectivity index (χ3n) is 9.02. The molecule has 3 amide bonds. The normalized spacial score (nSPS) is 11.6. The van der Waals surface area contributed by atoms with Gasteiger partial charge >= 0.3 is 6.03 Å². The van der Waals surface area contributed by atoms with Crippen LogP contribution < -0.4 is 20.7 Å². The molecule has 0 bridgehead atoms. The van der Waals surface area contributed by atoms with Crippen LogP contribution in [-0.4, -0.2) is 23.1 Å². The average Bonchev–Trinajstić information content (AvgIpc) is 3.10. The van der Waals surface area contributed by atoms with E-state index in [1.165, 1.54) is 80.8 Å². The number of nitrogens with one attached hydrogen (secondary N) is 3. The Labute approximate surface area is 302 Å². The van der Waals surface area contributed by atoms with Crippen LogP contribution in [-0.2, 0) is 10.2 Å². The van der Waals surface area contributed by atoms with Gasteiger partial charge in [-0.15, -0.1) is 0 Å². The van der Waals surface area contributed by atoms with Gasteiger partial charge in [0.1, 0.15) is 23.6 Å². The van der Waals surface area contributed by atoms with E-state index in [0.717, 1.165) is 25.7 Å². The number of carbonyl (C=O) groups is 2. The fraction of sp³-hybridized carbons (Fsp3) is 0.450. The highest BCUT2D eigenvalue weighted by Gasteiger charge is 2.23. The van der Waals surface area contributed by atoms with Crippen molar-refractivity contribution < 1.29 is 19.4 Å². The van der Waals surface area contributed by atoms with Crippen LogP contribution in [0.2, 0.25) is 5.02 Å². The number of hydrogen-bond acceptors (Lipinski definition) is 6. The number of benzene rings is 3. The number of urea groups is 1. The second kappa shape index (κ2) is 20.1. The van der Waals surface area contributed by atoms with Crippen LogP contribution in [0, 0.1) is 22.7 Å². The highest BCUT2D eigenvalue weighted by Crippen LogP contribution is 2.35. The fourth-order valence-electron chi connectivity index (χ4n) is 5.48. The summed E-state index contributed by atoms with van der Waals surface area (Å²) in [6, 6.07) is 17.9. The number of carbonyl (C=O) groups excluding carboxylic acids is 2. The maximum atomic E-state index is 13.6. The van der Waals surface area contributed by atoms with Gasteiger partial charge in [-0.2, -0.15) is 10.5 Å². The minimum Gasteiger partial charge on any atom is -0.506 e. The van der Waals surface area contributed by atoms with Crippen LogP contribution >= 0.6 is 11.6 Å². The first-order valence-electron chi connectivity index (χ1n) is 17.6. The largest absolute Gasteiger partial charge is 0.506 e. The highest BCUT2D eigenvalue weighted by atomic mass is 35.5. The van der Waals surface area contributed by atoms with E-state index in [1.54, 1.807) is 0 Å². The molecule has 0 spiro atoms. The molecule has 3 rings (SSSR count). The number of aromatic hydroxyl groups is 1. The number of nitrogens with zero attached hydrogens (tertiary/aromatic N) is 2. The summed E-state index contributed by atoms with van der Waals surface area (Å²) in [5.74, 6) is -0.122. The van der Waals surface area contributed by atoms with Crippen molar-refractivity contribution in [3.05, 3.63) is 76.3 Å². The van der Waals surface area contributed by atoms with E-state index in [1.807, 2.05) is 36.4 Å². The smallest absolute Gasteiger partial charge is 0.323 e. The Kier molecular flexibility index (Phi) is 15.9. The van der Waals surface area contributed by atoms with Crippen LogP contribution in [0.5, 0.6) is 11.5 Å². The van der Waals surface area contributed by atoms with Gasteiger partial charge in [0, 0.05) is 11.8 Å². The van der Waals surface area contributed by atoms with Gasteiger partial charge < -0.3 is 25.8 Å². The lowest BCUT2D eigenvalue weighted by atomic mass is 9.82. The molecule has 9 nitrogen and oxygen atoms in total. The van der Waals surface area contributed by atoms with E-state index < -0.39 is 18.0 Å². The molecule has 3 aromatic rings. The number of anilines is 3. The van der Waals surface area contributed by atoms with Crippen molar-refractivity contribution in [1.82, 2.24) is 0 Å². The van der Waals surface area contributed by atoms with E-state index in [0.29, 0.717) is 12.2 Å². The Bertz CT molecular complexity index is 1660. The summed E-state index contributed by atoms with van der Waals surface area (Å²) in [6.45, 7) is 8.76. The molecule has 3 aromatic carbocycles. The van der Waals surface area contributed by atoms with E-state index >= 15 is 0 Å². The van der Waals surface area contributed by atoms with E-state index in [9.17, 15) is 20.0 Å². The van der Waals surface area contributed by atoms with Crippen molar-refractivity contribution in [3.63, 3.8) is 0 Å². The molecule has 0 saturated heterocycles. The molecule has 0 aliphatic rings. The number of phenolic OH excluding ortho intramolecular Hbond substituents is 1. The number of phenols is 1. The maximum absolute atomic E-state index is 13.6. The molecule has 266 valence electrons. The van der Waals surface area contributed by atoms with Gasteiger partial charge in [-0.3, -0.25) is 4.79 Å². The van der Waals surface area contributed by atoms with Gasteiger partial charge in [0.15, 0.2) is 6.10 Å². The lowest BCUT2D eigenvalue weighted by Crippen LogP contribution is -2.33. The maximum Gasteiger partial charge on any atom is 0.323 e. The van der Waals surface area contributed by atoms with Crippen molar-refractivity contribution in [3.8, 4) is 23.6 Å². The molecular formula is C40H50ClN5O4. The number of rotatable bonds is 19. The minimum atomic E-state index is -0.790. The Hall–Kier alpha value is -4.73. The first-order valence-corrected chi connectivity index (χ1v) is 18.0. The summed E-state index contributed by atoms with van der Waals surface area (Å²) < 4.78 is 6.25. The topological polar surface area (TPSA) is 147 Å². The number of ether oxygens (including phenoxy) is 1. The Balaban J connectivity index is 1.66.